The SMILES string of the molecule is COC(=O)C(=CSc1ncccc1[N+](=O)[O-])C(=O)OC. The Kier molecular flexibility index (Phi) is 5.66. The minimum Gasteiger partial charge on any atom is -0.465 e. The lowest BCUT2D eigenvalue weighted by atomic mass is 10.3. The van der Waals surface area contributed by atoms with Crippen LogP contribution in [-0.2, 0) is 19.1 Å². The Balaban J connectivity index is 3.07. The van der Waals surface area contributed by atoms with Crippen molar-refractivity contribution in [1.29, 1.82) is 0 Å². The quantitative estimate of drug-likeness (QED) is 0.152. The molecule has 8 nitrogen and oxygen atoms in total. The number of aromatic nitrogens is 1. The summed E-state index contributed by atoms with van der Waals surface area (Å²) in [4.78, 5) is 36.8. The van der Waals surface area contributed by atoms with Crippen molar-refractivity contribution in [2.75, 3.05) is 14.2 Å². The minimum atomic E-state index is -0.900. The van der Waals surface area contributed by atoms with Gasteiger partial charge in [-0.1, -0.05) is 11.8 Å². The fourth-order valence-corrected chi connectivity index (χ4v) is 1.93. The van der Waals surface area contributed by atoms with Gasteiger partial charge in [0.15, 0.2) is 10.6 Å². The lowest BCUT2D eigenvalue weighted by Gasteiger charge is -2.03. The van der Waals surface area contributed by atoms with Gasteiger partial charge in [-0.25, -0.2) is 14.6 Å². The second kappa shape index (κ2) is 7.24. The van der Waals surface area contributed by atoms with Crippen molar-refractivity contribution in [1.82, 2.24) is 4.98 Å². The molecule has 0 atom stereocenters. The number of hydrogen-bond acceptors (Lipinski definition) is 8. The summed E-state index contributed by atoms with van der Waals surface area (Å²) in [5.41, 5.74) is -0.609. The highest BCUT2D eigenvalue weighted by Gasteiger charge is 2.21. The van der Waals surface area contributed by atoms with E-state index < -0.39 is 16.9 Å². The summed E-state index contributed by atoms with van der Waals surface area (Å²) >= 11 is 0.754. The second-order valence-electron chi connectivity index (χ2n) is 3.22. The van der Waals surface area contributed by atoms with Gasteiger partial charge in [0.2, 0.25) is 0 Å². The third-order valence-corrected chi connectivity index (χ3v) is 2.94. The van der Waals surface area contributed by atoms with Crippen molar-refractivity contribution in [2.45, 2.75) is 5.03 Å². The van der Waals surface area contributed by atoms with Crippen molar-refractivity contribution in [3.05, 3.63) is 39.4 Å². The normalized spacial score (nSPS) is 9.50. The number of rotatable bonds is 5. The van der Waals surface area contributed by atoms with E-state index in [1.54, 1.807) is 0 Å². The summed E-state index contributed by atoms with van der Waals surface area (Å²) in [6.07, 6.45) is 1.36. The number of ether oxygens (including phenoxy) is 2. The van der Waals surface area contributed by atoms with Gasteiger partial charge >= 0.3 is 17.6 Å². The van der Waals surface area contributed by atoms with Crippen LogP contribution in [0.3, 0.4) is 0 Å². The molecule has 0 fully saturated rings. The number of hydrogen-bond donors (Lipinski definition) is 0. The van der Waals surface area contributed by atoms with Crippen molar-refractivity contribution in [2.24, 2.45) is 0 Å². The van der Waals surface area contributed by atoms with Crippen LogP contribution in [0, 0.1) is 10.1 Å². The first kappa shape index (κ1) is 15.6. The molecule has 0 unspecified atom stereocenters. The summed E-state index contributed by atoms with van der Waals surface area (Å²) in [6, 6.07) is 2.67. The Labute approximate surface area is 117 Å². The Morgan fingerprint density at radius 3 is 2.45 bits per heavy atom. The molecule has 0 saturated carbocycles. The summed E-state index contributed by atoms with van der Waals surface area (Å²) in [5, 5.41) is 11.9. The molecule has 0 aromatic carbocycles. The highest BCUT2D eigenvalue weighted by molar-refractivity contribution is 8.02. The van der Waals surface area contributed by atoms with Crippen LogP contribution in [-0.4, -0.2) is 36.1 Å². The number of nitro groups is 1. The van der Waals surface area contributed by atoms with Gasteiger partial charge in [0.25, 0.3) is 0 Å². The Bertz CT molecular complexity index is 554. The van der Waals surface area contributed by atoms with Crippen LogP contribution in [0.25, 0.3) is 0 Å². The molecule has 20 heavy (non-hydrogen) atoms. The molecular formula is C11H10N2O6S. The zero-order valence-corrected chi connectivity index (χ0v) is 11.4. The van der Waals surface area contributed by atoms with E-state index in [0.29, 0.717) is 0 Å². The Hall–Kier alpha value is -2.42. The average Bonchev–Trinajstić information content (AvgIpc) is 2.46. The first-order chi connectivity index (χ1) is 9.51. The molecule has 0 radical (unpaired) electrons. The van der Waals surface area contributed by atoms with E-state index in [1.807, 2.05) is 0 Å². The van der Waals surface area contributed by atoms with Gasteiger partial charge in [-0.05, 0) is 11.5 Å². The van der Waals surface area contributed by atoms with Crippen LogP contribution < -0.4 is 0 Å². The molecule has 106 valence electrons. The van der Waals surface area contributed by atoms with Gasteiger partial charge in [0.1, 0.15) is 0 Å². The first-order valence-electron chi connectivity index (χ1n) is 5.14. The fourth-order valence-electron chi connectivity index (χ4n) is 1.13. The molecule has 0 saturated heterocycles. The maximum absolute atomic E-state index is 11.4. The number of carbonyl (C=O) groups is 2. The maximum atomic E-state index is 11.4. The van der Waals surface area contributed by atoms with Crippen LogP contribution in [0.1, 0.15) is 0 Å². The topological polar surface area (TPSA) is 109 Å². The lowest BCUT2D eigenvalue weighted by Crippen LogP contribution is -2.15. The number of esters is 2. The monoisotopic (exact) mass is 298 g/mol. The average molecular weight is 298 g/mol. The van der Waals surface area contributed by atoms with E-state index in [4.69, 9.17) is 0 Å². The zero-order valence-electron chi connectivity index (χ0n) is 10.6. The number of carbonyl (C=O) groups excluding carboxylic acids is 2. The predicted octanol–water partition coefficient (Wildman–Crippen LogP) is 1.31. The van der Waals surface area contributed by atoms with Gasteiger partial charge in [0, 0.05) is 12.3 Å². The molecular weight excluding hydrogens is 288 g/mol. The molecule has 0 aliphatic carbocycles. The Morgan fingerprint density at radius 2 is 1.95 bits per heavy atom. The minimum absolute atomic E-state index is 0.0443. The van der Waals surface area contributed by atoms with E-state index in [0.717, 1.165) is 31.4 Å². The molecule has 0 bridgehead atoms. The fraction of sp³-hybridized carbons (Fsp3) is 0.182. The second-order valence-corrected chi connectivity index (χ2v) is 4.08. The van der Waals surface area contributed by atoms with E-state index in [-0.39, 0.29) is 16.3 Å². The van der Waals surface area contributed by atoms with Crippen molar-refractivity contribution >= 4 is 29.4 Å². The molecule has 0 amide bonds. The summed E-state index contributed by atoms with van der Waals surface area (Å²) in [5.74, 6) is -1.80. The smallest absolute Gasteiger partial charge is 0.345 e. The van der Waals surface area contributed by atoms with Crippen LogP contribution in [0.5, 0.6) is 0 Å². The lowest BCUT2D eigenvalue weighted by molar-refractivity contribution is -0.388. The molecule has 9 heteroatoms. The molecule has 0 aliphatic heterocycles. The Morgan fingerprint density at radius 1 is 1.35 bits per heavy atom. The first-order valence-corrected chi connectivity index (χ1v) is 6.02. The maximum Gasteiger partial charge on any atom is 0.345 e. The van der Waals surface area contributed by atoms with Crippen LogP contribution in [0.2, 0.25) is 0 Å². The molecule has 1 rings (SSSR count). The highest BCUT2D eigenvalue weighted by Crippen LogP contribution is 2.28. The van der Waals surface area contributed by atoms with Gasteiger partial charge in [-0.3, -0.25) is 10.1 Å². The molecule has 1 aromatic heterocycles. The number of thioether (sulfide) groups is 1. The third-order valence-electron chi connectivity index (χ3n) is 2.05. The van der Waals surface area contributed by atoms with Crippen LogP contribution in [0.15, 0.2) is 34.3 Å². The van der Waals surface area contributed by atoms with Gasteiger partial charge < -0.3 is 9.47 Å². The molecule has 0 aliphatic rings. The van der Waals surface area contributed by atoms with Crippen LogP contribution in [0.4, 0.5) is 5.69 Å². The van der Waals surface area contributed by atoms with E-state index in [1.165, 1.54) is 18.3 Å². The van der Waals surface area contributed by atoms with Crippen molar-refractivity contribution < 1.29 is 24.0 Å². The molecule has 0 N–H and O–H groups in total. The summed E-state index contributed by atoms with van der Waals surface area (Å²) in [7, 11) is 2.21. The highest BCUT2D eigenvalue weighted by atomic mass is 32.2. The largest absolute Gasteiger partial charge is 0.465 e. The van der Waals surface area contributed by atoms with Crippen LogP contribution >= 0.6 is 11.8 Å². The van der Waals surface area contributed by atoms with Crippen molar-refractivity contribution in [3.63, 3.8) is 0 Å². The molecule has 0 spiro atoms. The number of methoxy groups -OCH3 is 2. The summed E-state index contributed by atoms with van der Waals surface area (Å²) < 4.78 is 8.85. The predicted molar refractivity (Wildman–Crippen MR) is 68.9 cm³/mol. The zero-order chi connectivity index (χ0) is 15.1. The van der Waals surface area contributed by atoms with E-state index >= 15 is 0 Å². The molecule has 1 aromatic rings. The summed E-state index contributed by atoms with van der Waals surface area (Å²) in [6.45, 7) is 0. The van der Waals surface area contributed by atoms with E-state index in [9.17, 15) is 19.7 Å². The third kappa shape index (κ3) is 3.79. The van der Waals surface area contributed by atoms with E-state index in [2.05, 4.69) is 14.5 Å². The van der Waals surface area contributed by atoms with Crippen molar-refractivity contribution in [3.8, 4) is 0 Å². The standard InChI is InChI=1S/C11H10N2O6S/c1-18-10(14)7(11(15)19-2)6-20-9-8(13(16)17)4-3-5-12-9/h3-6H,1-2H3. The molecule has 1 heterocycles. The van der Waals surface area contributed by atoms with Gasteiger partial charge in [-0.15, -0.1) is 0 Å². The number of nitrogens with zero attached hydrogens (tertiary/aromatic N) is 2. The van der Waals surface area contributed by atoms with Gasteiger partial charge in [0.05, 0.1) is 19.1 Å². The van der Waals surface area contributed by atoms with Gasteiger partial charge in [-0.2, -0.15) is 0 Å². The number of pyridine rings is 1.